The molecule has 0 unspecified atom stereocenters. The molecule has 0 radical (unpaired) electrons. The quantitative estimate of drug-likeness (QED) is 0.671. The van der Waals surface area contributed by atoms with E-state index in [9.17, 15) is 13.2 Å². The van der Waals surface area contributed by atoms with E-state index in [1.165, 1.54) is 12.1 Å². The van der Waals surface area contributed by atoms with Crippen molar-refractivity contribution in [3.05, 3.63) is 70.9 Å². The third kappa shape index (κ3) is 3.84. The topological polar surface area (TPSA) is 40.7 Å². The zero-order valence-corrected chi connectivity index (χ0v) is 13.9. The highest BCUT2D eigenvalue weighted by Gasteiger charge is 2.30. The van der Waals surface area contributed by atoms with Gasteiger partial charge in [0.15, 0.2) is 0 Å². The Bertz CT molecular complexity index is 864. The number of H-pyrrole nitrogens is 1. The third-order valence-corrected chi connectivity index (χ3v) is 4.07. The number of rotatable bonds is 4. The fourth-order valence-electron chi connectivity index (χ4n) is 2.63. The maximum Gasteiger partial charge on any atom is 0.416 e. The lowest BCUT2D eigenvalue weighted by atomic mass is 10.1. The van der Waals surface area contributed by atoms with Crippen molar-refractivity contribution in [2.45, 2.75) is 26.6 Å². The summed E-state index contributed by atoms with van der Waals surface area (Å²) in [6.45, 7) is 4.57. The Morgan fingerprint density at radius 3 is 2.44 bits per heavy atom. The molecule has 2 N–H and O–H groups in total. The Morgan fingerprint density at radius 2 is 1.76 bits per heavy atom. The summed E-state index contributed by atoms with van der Waals surface area (Å²) < 4.78 is 38.1. The van der Waals surface area contributed by atoms with Crippen molar-refractivity contribution in [3.8, 4) is 11.3 Å². The summed E-state index contributed by atoms with van der Waals surface area (Å²) in [6.07, 6.45) is -2.58. The summed E-state index contributed by atoms with van der Waals surface area (Å²) in [5.74, 6) is 0. The number of hydrogen-bond donors (Lipinski definition) is 2. The van der Waals surface area contributed by atoms with Gasteiger partial charge in [0.2, 0.25) is 0 Å². The summed E-state index contributed by atoms with van der Waals surface area (Å²) in [5.41, 5.74) is 4.83. The molecule has 25 heavy (non-hydrogen) atoms. The maximum absolute atomic E-state index is 12.7. The Labute approximate surface area is 143 Å². The lowest BCUT2D eigenvalue weighted by Crippen LogP contribution is -2.04. The molecule has 0 amide bonds. The van der Waals surface area contributed by atoms with Gasteiger partial charge in [-0.1, -0.05) is 24.3 Å². The normalized spacial score (nSPS) is 11.6. The summed E-state index contributed by atoms with van der Waals surface area (Å²) >= 11 is 0. The predicted molar refractivity (Wildman–Crippen MR) is 92.3 cm³/mol. The van der Waals surface area contributed by atoms with Crippen molar-refractivity contribution in [1.29, 1.82) is 0 Å². The molecular formula is C19H18F3N3. The van der Waals surface area contributed by atoms with Crippen LogP contribution in [-0.4, -0.2) is 10.2 Å². The molecule has 0 aliphatic heterocycles. The van der Waals surface area contributed by atoms with Gasteiger partial charge < -0.3 is 5.32 Å². The zero-order valence-electron chi connectivity index (χ0n) is 13.9. The van der Waals surface area contributed by atoms with Crippen LogP contribution < -0.4 is 5.32 Å². The fourth-order valence-corrected chi connectivity index (χ4v) is 2.63. The van der Waals surface area contributed by atoms with Crippen molar-refractivity contribution in [2.75, 3.05) is 5.32 Å². The van der Waals surface area contributed by atoms with E-state index < -0.39 is 11.7 Å². The Morgan fingerprint density at radius 1 is 1.04 bits per heavy atom. The predicted octanol–water partition coefficient (Wildman–Crippen LogP) is 5.32. The number of aryl methyl sites for hydroxylation is 2. The number of anilines is 1. The number of benzene rings is 2. The first-order valence-corrected chi connectivity index (χ1v) is 7.86. The minimum Gasteiger partial charge on any atom is -0.381 e. The van der Waals surface area contributed by atoms with Gasteiger partial charge in [0.25, 0.3) is 0 Å². The number of hydrogen-bond acceptors (Lipinski definition) is 2. The van der Waals surface area contributed by atoms with Gasteiger partial charge in [0.05, 0.1) is 11.3 Å². The van der Waals surface area contributed by atoms with Crippen LogP contribution in [-0.2, 0) is 12.7 Å². The molecule has 0 spiro atoms. The first-order chi connectivity index (χ1) is 11.8. The Kier molecular flexibility index (Phi) is 4.53. The highest BCUT2D eigenvalue weighted by molar-refractivity contribution is 5.64. The van der Waals surface area contributed by atoms with Crippen LogP contribution in [0.4, 0.5) is 18.9 Å². The molecule has 0 bridgehead atoms. The number of halogens is 3. The van der Waals surface area contributed by atoms with Gasteiger partial charge in [0, 0.05) is 29.6 Å². The first kappa shape index (κ1) is 17.1. The van der Waals surface area contributed by atoms with Gasteiger partial charge in [-0.3, -0.25) is 5.10 Å². The lowest BCUT2D eigenvalue weighted by Gasteiger charge is -2.11. The highest BCUT2D eigenvalue weighted by Crippen LogP contribution is 2.31. The van der Waals surface area contributed by atoms with E-state index in [4.69, 9.17) is 0 Å². The van der Waals surface area contributed by atoms with Crippen LogP contribution in [0.2, 0.25) is 0 Å². The molecule has 0 aliphatic carbocycles. The van der Waals surface area contributed by atoms with Crippen LogP contribution in [0.25, 0.3) is 11.3 Å². The van der Waals surface area contributed by atoms with Crippen LogP contribution in [0.15, 0.2) is 48.7 Å². The second-order valence-electron chi connectivity index (χ2n) is 6.01. The van der Waals surface area contributed by atoms with Crippen LogP contribution in [0.3, 0.4) is 0 Å². The molecule has 3 nitrogen and oxygen atoms in total. The van der Waals surface area contributed by atoms with Crippen LogP contribution in [0.5, 0.6) is 0 Å². The van der Waals surface area contributed by atoms with Crippen LogP contribution in [0, 0.1) is 13.8 Å². The smallest absolute Gasteiger partial charge is 0.381 e. The monoisotopic (exact) mass is 345 g/mol. The standard InChI is InChI=1S/C19H18F3N3/c1-12-3-4-13(2)17(9-12)23-10-15-11-24-25-18(15)14-5-7-16(8-6-14)19(20,21)22/h3-9,11,23H,10H2,1-2H3,(H,24,25). The molecule has 0 saturated carbocycles. The number of nitrogens with zero attached hydrogens (tertiary/aromatic N) is 1. The zero-order chi connectivity index (χ0) is 18.0. The van der Waals surface area contributed by atoms with Gasteiger partial charge in [-0.2, -0.15) is 18.3 Å². The van der Waals surface area contributed by atoms with E-state index in [1.807, 2.05) is 26.0 Å². The van der Waals surface area contributed by atoms with Gasteiger partial charge >= 0.3 is 6.18 Å². The Balaban J connectivity index is 1.80. The third-order valence-electron chi connectivity index (χ3n) is 4.07. The molecule has 0 saturated heterocycles. The van der Waals surface area contributed by atoms with E-state index in [-0.39, 0.29) is 0 Å². The van der Waals surface area contributed by atoms with Crippen molar-refractivity contribution in [2.24, 2.45) is 0 Å². The lowest BCUT2D eigenvalue weighted by molar-refractivity contribution is -0.137. The average molecular weight is 345 g/mol. The molecule has 0 aliphatic rings. The van der Waals surface area contributed by atoms with Crippen molar-refractivity contribution in [3.63, 3.8) is 0 Å². The summed E-state index contributed by atoms with van der Waals surface area (Å²) in [7, 11) is 0. The second kappa shape index (κ2) is 6.63. The van der Waals surface area contributed by atoms with Crippen LogP contribution >= 0.6 is 0 Å². The minimum absolute atomic E-state index is 0.525. The second-order valence-corrected chi connectivity index (χ2v) is 6.01. The minimum atomic E-state index is -4.34. The maximum atomic E-state index is 12.7. The van der Waals surface area contributed by atoms with Crippen molar-refractivity contribution < 1.29 is 13.2 Å². The number of aromatic amines is 1. The molecule has 3 rings (SSSR count). The van der Waals surface area contributed by atoms with E-state index in [2.05, 4.69) is 21.6 Å². The van der Waals surface area contributed by atoms with Gasteiger partial charge in [-0.05, 0) is 43.2 Å². The number of aromatic nitrogens is 2. The van der Waals surface area contributed by atoms with E-state index in [0.29, 0.717) is 17.8 Å². The van der Waals surface area contributed by atoms with Crippen LogP contribution in [0.1, 0.15) is 22.3 Å². The summed E-state index contributed by atoms with van der Waals surface area (Å²) in [6, 6.07) is 11.2. The molecule has 1 aromatic heterocycles. The van der Waals surface area contributed by atoms with E-state index >= 15 is 0 Å². The summed E-state index contributed by atoms with van der Waals surface area (Å²) in [4.78, 5) is 0. The molecule has 3 aromatic rings. The summed E-state index contributed by atoms with van der Waals surface area (Å²) in [5, 5.41) is 10.3. The molecule has 1 heterocycles. The largest absolute Gasteiger partial charge is 0.416 e. The van der Waals surface area contributed by atoms with Gasteiger partial charge in [-0.15, -0.1) is 0 Å². The van der Waals surface area contributed by atoms with E-state index in [0.717, 1.165) is 34.5 Å². The van der Waals surface area contributed by atoms with Crippen molar-refractivity contribution >= 4 is 5.69 Å². The van der Waals surface area contributed by atoms with E-state index in [1.54, 1.807) is 6.20 Å². The molecular weight excluding hydrogens is 327 g/mol. The van der Waals surface area contributed by atoms with Gasteiger partial charge in [-0.25, -0.2) is 0 Å². The SMILES string of the molecule is Cc1ccc(C)c(NCc2c[nH]nc2-c2ccc(C(F)(F)F)cc2)c1. The molecule has 130 valence electrons. The molecule has 0 atom stereocenters. The van der Waals surface area contributed by atoms with Gasteiger partial charge in [0.1, 0.15) is 0 Å². The first-order valence-electron chi connectivity index (χ1n) is 7.86. The Hall–Kier alpha value is -2.76. The number of alkyl halides is 3. The molecule has 2 aromatic carbocycles. The molecule has 0 fully saturated rings. The molecule has 6 heteroatoms. The van der Waals surface area contributed by atoms with Crippen molar-refractivity contribution in [1.82, 2.24) is 10.2 Å². The number of nitrogens with one attached hydrogen (secondary N) is 2. The fraction of sp³-hybridized carbons (Fsp3) is 0.211. The average Bonchev–Trinajstić information content (AvgIpc) is 3.03. The highest BCUT2D eigenvalue weighted by atomic mass is 19.4.